The highest BCUT2D eigenvalue weighted by molar-refractivity contribution is 7.89. The Bertz CT molecular complexity index is 1360. The van der Waals surface area contributed by atoms with Crippen LogP contribution in [0.4, 0.5) is 10.1 Å². The fourth-order valence-electron chi connectivity index (χ4n) is 3.95. The topological polar surface area (TPSA) is 84.6 Å². The Hall–Kier alpha value is -3.24. The molecule has 0 spiro atoms. The van der Waals surface area contributed by atoms with E-state index in [2.05, 4.69) is 0 Å². The van der Waals surface area contributed by atoms with Gasteiger partial charge in [-0.25, -0.2) is 17.6 Å². The monoisotopic (exact) mass is 458 g/mol. The number of halogens is 1. The summed E-state index contributed by atoms with van der Waals surface area (Å²) >= 11 is 0. The van der Waals surface area contributed by atoms with Crippen LogP contribution in [-0.4, -0.2) is 48.0 Å². The quantitative estimate of drug-likeness (QED) is 0.592. The van der Waals surface area contributed by atoms with Crippen molar-refractivity contribution in [2.75, 3.05) is 31.1 Å². The molecule has 0 unspecified atom stereocenters. The van der Waals surface area contributed by atoms with Crippen molar-refractivity contribution in [1.29, 1.82) is 0 Å². The van der Waals surface area contributed by atoms with E-state index in [4.69, 9.17) is 0 Å². The molecule has 1 aromatic heterocycles. The minimum Gasteiger partial charge on any atom is -0.363 e. The molecule has 4 rings (SSSR count). The Morgan fingerprint density at radius 1 is 0.875 bits per heavy atom. The summed E-state index contributed by atoms with van der Waals surface area (Å²) in [6.45, 7) is 2.60. The van der Waals surface area contributed by atoms with Crippen LogP contribution in [0.3, 0.4) is 0 Å². The Balaban J connectivity index is 1.66. The molecule has 2 heterocycles. The summed E-state index contributed by atoms with van der Waals surface area (Å²) in [5.74, 6) is -0.506. The highest BCUT2D eigenvalue weighted by atomic mass is 32.2. The summed E-state index contributed by atoms with van der Waals surface area (Å²) < 4.78 is 42.8. The van der Waals surface area contributed by atoms with E-state index < -0.39 is 27.1 Å². The first-order chi connectivity index (χ1) is 15.2. The minimum atomic E-state index is -3.77. The van der Waals surface area contributed by atoms with Gasteiger partial charge in [0.25, 0.3) is 5.56 Å². The van der Waals surface area contributed by atoms with Crippen LogP contribution in [0.2, 0.25) is 0 Å². The molecule has 3 aromatic rings. The SMILES string of the molecule is Cc1c(N2CCN(S(=O)(=O)c3ccc(F)cc3)CC2)c(=O)n(C)c(=O)n1-c1ccccc1. The fraction of sp³-hybridized carbons (Fsp3) is 0.273. The van der Waals surface area contributed by atoms with Gasteiger partial charge in [0.2, 0.25) is 10.0 Å². The molecule has 0 aliphatic carbocycles. The molecule has 32 heavy (non-hydrogen) atoms. The first kappa shape index (κ1) is 22.0. The van der Waals surface area contributed by atoms with Crippen molar-refractivity contribution in [3.63, 3.8) is 0 Å². The molecular weight excluding hydrogens is 435 g/mol. The molecule has 1 aliphatic heterocycles. The molecule has 0 radical (unpaired) electrons. The Morgan fingerprint density at radius 2 is 1.47 bits per heavy atom. The number of para-hydroxylation sites is 1. The van der Waals surface area contributed by atoms with E-state index in [1.54, 1.807) is 19.1 Å². The Morgan fingerprint density at radius 3 is 2.06 bits per heavy atom. The molecule has 8 nitrogen and oxygen atoms in total. The summed E-state index contributed by atoms with van der Waals surface area (Å²) in [5.41, 5.74) is 0.646. The highest BCUT2D eigenvalue weighted by Gasteiger charge is 2.31. The molecule has 168 valence electrons. The number of anilines is 1. The average Bonchev–Trinajstić information content (AvgIpc) is 2.79. The first-order valence-electron chi connectivity index (χ1n) is 10.1. The lowest BCUT2D eigenvalue weighted by Crippen LogP contribution is -2.52. The lowest BCUT2D eigenvalue weighted by atomic mass is 10.2. The maximum absolute atomic E-state index is 13.2. The van der Waals surface area contributed by atoms with Gasteiger partial charge < -0.3 is 4.90 Å². The van der Waals surface area contributed by atoms with E-state index in [0.717, 1.165) is 16.7 Å². The third-order valence-electron chi connectivity index (χ3n) is 5.68. The molecule has 0 atom stereocenters. The highest BCUT2D eigenvalue weighted by Crippen LogP contribution is 2.22. The van der Waals surface area contributed by atoms with Crippen molar-refractivity contribution in [2.45, 2.75) is 11.8 Å². The molecule has 0 bridgehead atoms. The molecule has 1 aliphatic rings. The smallest absolute Gasteiger partial charge is 0.335 e. The predicted molar refractivity (Wildman–Crippen MR) is 119 cm³/mol. The summed E-state index contributed by atoms with van der Waals surface area (Å²) in [6.07, 6.45) is 0. The van der Waals surface area contributed by atoms with Crippen molar-refractivity contribution >= 4 is 15.7 Å². The van der Waals surface area contributed by atoms with E-state index >= 15 is 0 Å². The van der Waals surface area contributed by atoms with Crippen LogP contribution in [0.5, 0.6) is 0 Å². The van der Waals surface area contributed by atoms with Gasteiger partial charge in [0.15, 0.2) is 0 Å². The molecule has 0 amide bonds. The van der Waals surface area contributed by atoms with E-state index in [0.29, 0.717) is 17.1 Å². The summed E-state index contributed by atoms with van der Waals surface area (Å²) in [7, 11) is -2.34. The lowest BCUT2D eigenvalue weighted by Gasteiger charge is -2.36. The predicted octanol–water partition coefficient (Wildman–Crippen LogP) is 1.49. The van der Waals surface area contributed by atoms with Crippen LogP contribution in [0.15, 0.2) is 69.1 Å². The van der Waals surface area contributed by atoms with Crippen LogP contribution < -0.4 is 16.1 Å². The van der Waals surface area contributed by atoms with Crippen LogP contribution >= 0.6 is 0 Å². The van der Waals surface area contributed by atoms with E-state index in [-0.39, 0.29) is 31.1 Å². The van der Waals surface area contributed by atoms with Crippen LogP contribution in [0, 0.1) is 12.7 Å². The second-order valence-corrected chi connectivity index (χ2v) is 9.53. The maximum Gasteiger partial charge on any atom is 0.335 e. The fourth-order valence-corrected chi connectivity index (χ4v) is 5.37. The number of hydrogen-bond acceptors (Lipinski definition) is 5. The van der Waals surface area contributed by atoms with Crippen molar-refractivity contribution in [3.8, 4) is 5.69 Å². The Labute approximate surface area is 184 Å². The van der Waals surface area contributed by atoms with E-state index in [9.17, 15) is 22.4 Å². The first-order valence-corrected chi connectivity index (χ1v) is 11.5. The van der Waals surface area contributed by atoms with E-state index in [1.807, 2.05) is 23.1 Å². The van der Waals surface area contributed by atoms with Crippen molar-refractivity contribution < 1.29 is 12.8 Å². The molecule has 1 fully saturated rings. The van der Waals surface area contributed by atoms with Gasteiger partial charge in [-0.15, -0.1) is 0 Å². The number of nitrogens with zero attached hydrogens (tertiary/aromatic N) is 4. The summed E-state index contributed by atoms with van der Waals surface area (Å²) in [6, 6.07) is 13.8. The molecule has 2 aromatic carbocycles. The van der Waals surface area contributed by atoms with Gasteiger partial charge in [0.05, 0.1) is 16.3 Å². The number of sulfonamides is 1. The zero-order chi connectivity index (χ0) is 23.0. The van der Waals surface area contributed by atoms with Crippen LogP contribution in [0.25, 0.3) is 5.69 Å². The van der Waals surface area contributed by atoms with E-state index in [1.165, 1.54) is 28.1 Å². The number of piperazine rings is 1. The van der Waals surface area contributed by atoms with Gasteiger partial charge in [-0.2, -0.15) is 4.31 Å². The number of hydrogen-bond donors (Lipinski definition) is 0. The third-order valence-corrected chi connectivity index (χ3v) is 7.60. The number of rotatable bonds is 4. The number of benzene rings is 2. The summed E-state index contributed by atoms with van der Waals surface area (Å²) in [5, 5.41) is 0. The summed E-state index contributed by atoms with van der Waals surface area (Å²) in [4.78, 5) is 27.6. The van der Waals surface area contributed by atoms with Gasteiger partial charge in [-0.1, -0.05) is 18.2 Å². The minimum absolute atomic E-state index is 0.0251. The van der Waals surface area contributed by atoms with Gasteiger partial charge in [-0.05, 0) is 43.3 Å². The second-order valence-electron chi connectivity index (χ2n) is 7.60. The average molecular weight is 459 g/mol. The zero-order valence-electron chi connectivity index (χ0n) is 17.7. The van der Waals surface area contributed by atoms with Crippen LogP contribution in [0.1, 0.15) is 5.69 Å². The molecule has 0 N–H and O–H groups in total. The van der Waals surface area contributed by atoms with Gasteiger partial charge in [-0.3, -0.25) is 13.9 Å². The Kier molecular flexibility index (Phi) is 5.74. The second kappa shape index (κ2) is 8.36. The number of aromatic nitrogens is 2. The molecule has 1 saturated heterocycles. The standard InChI is InChI=1S/C22H23FN4O4S/c1-16-20(21(28)24(2)22(29)27(16)18-6-4-3-5-7-18)25-12-14-26(15-13-25)32(30,31)19-10-8-17(23)9-11-19/h3-11H,12-15H2,1-2H3. The van der Waals surface area contributed by atoms with Crippen molar-refractivity contribution in [3.05, 3.63) is 86.9 Å². The molecule has 0 saturated carbocycles. The van der Waals surface area contributed by atoms with Gasteiger partial charge in [0.1, 0.15) is 11.5 Å². The maximum atomic E-state index is 13.2. The van der Waals surface area contributed by atoms with Gasteiger partial charge in [0, 0.05) is 33.2 Å². The van der Waals surface area contributed by atoms with Crippen molar-refractivity contribution in [1.82, 2.24) is 13.4 Å². The zero-order valence-corrected chi connectivity index (χ0v) is 18.5. The normalized spacial score (nSPS) is 15.2. The largest absolute Gasteiger partial charge is 0.363 e. The van der Waals surface area contributed by atoms with Crippen LogP contribution in [-0.2, 0) is 17.1 Å². The lowest BCUT2D eigenvalue weighted by molar-refractivity contribution is 0.383. The van der Waals surface area contributed by atoms with Gasteiger partial charge >= 0.3 is 5.69 Å². The third kappa shape index (κ3) is 3.76. The molecule has 10 heteroatoms. The molecular formula is C22H23FN4O4S. The van der Waals surface area contributed by atoms with Crippen molar-refractivity contribution in [2.24, 2.45) is 7.05 Å².